The minimum atomic E-state index is -0.250. The maximum atomic E-state index is 12.8. The summed E-state index contributed by atoms with van der Waals surface area (Å²) in [5, 5.41) is 0. The highest BCUT2D eigenvalue weighted by molar-refractivity contribution is 5.20. The van der Waals surface area contributed by atoms with E-state index in [-0.39, 0.29) is 17.7 Å². The average molecular weight is 262 g/mol. The van der Waals surface area contributed by atoms with Crippen molar-refractivity contribution >= 4 is 0 Å². The Balaban J connectivity index is 2.00. The van der Waals surface area contributed by atoms with Crippen LogP contribution in [-0.4, -0.2) is 6.04 Å². The molecule has 2 nitrogen and oxygen atoms in total. The Labute approximate surface area is 111 Å². The van der Waals surface area contributed by atoms with E-state index in [1.54, 1.807) is 24.3 Å². The van der Waals surface area contributed by atoms with E-state index in [0.29, 0.717) is 12.8 Å². The minimum absolute atomic E-state index is 0.0240. The van der Waals surface area contributed by atoms with Gasteiger partial charge in [-0.05, 0) is 48.2 Å². The van der Waals surface area contributed by atoms with Crippen LogP contribution in [0.4, 0.5) is 8.78 Å². The van der Waals surface area contributed by atoms with E-state index in [4.69, 9.17) is 5.84 Å². The molecule has 0 radical (unpaired) electrons. The monoisotopic (exact) mass is 262 g/mol. The van der Waals surface area contributed by atoms with Crippen molar-refractivity contribution in [3.05, 3.63) is 71.3 Å². The molecule has 0 unspecified atom stereocenters. The van der Waals surface area contributed by atoms with E-state index >= 15 is 0 Å². The van der Waals surface area contributed by atoms with Crippen LogP contribution in [0.2, 0.25) is 0 Å². The van der Waals surface area contributed by atoms with Crippen LogP contribution in [0, 0.1) is 11.6 Å². The van der Waals surface area contributed by atoms with E-state index in [1.165, 1.54) is 24.3 Å². The Morgan fingerprint density at radius 2 is 1.16 bits per heavy atom. The van der Waals surface area contributed by atoms with Crippen LogP contribution in [0.3, 0.4) is 0 Å². The predicted molar refractivity (Wildman–Crippen MR) is 71.3 cm³/mol. The van der Waals surface area contributed by atoms with Crippen LogP contribution in [0.1, 0.15) is 11.1 Å². The van der Waals surface area contributed by atoms with Crippen molar-refractivity contribution in [3.8, 4) is 0 Å². The Morgan fingerprint density at radius 3 is 1.47 bits per heavy atom. The zero-order chi connectivity index (χ0) is 13.7. The van der Waals surface area contributed by atoms with Crippen LogP contribution in [0.25, 0.3) is 0 Å². The molecule has 19 heavy (non-hydrogen) atoms. The number of rotatable bonds is 5. The van der Waals surface area contributed by atoms with Crippen molar-refractivity contribution in [3.63, 3.8) is 0 Å². The van der Waals surface area contributed by atoms with Gasteiger partial charge in [-0.25, -0.2) is 8.78 Å². The van der Waals surface area contributed by atoms with Crippen molar-refractivity contribution < 1.29 is 8.78 Å². The molecule has 100 valence electrons. The van der Waals surface area contributed by atoms with Gasteiger partial charge in [0, 0.05) is 6.04 Å². The normalized spacial score (nSPS) is 10.9. The van der Waals surface area contributed by atoms with Crippen LogP contribution in [-0.2, 0) is 12.8 Å². The lowest BCUT2D eigenvalue weighted by molar-refractivity contribution is 0.521. The van der Waals surface area contributed by atoms with Crippen LogP contribution >= 0.6 is 0 Å². The molecule has 3 N–H and O–H groups in total. The molecule has 2 rings (SSSR count). The van der Waals surface area contributed by atoms with Gasteiger partial charge in [-0.3, -0.25) is 11.3 Å². The summed E-state index contributed by atoms with van der Waals surface area (Å²) < 4.78 is 25.6. The lowest BCUT2D eigenvalue weighted by Crippen LogP contribution is -2.38. The molecule has 0 heterocycles. The summed E-state index contributed by atoms with van der Waals surface area (Å²) in [5.74, 6) is 5.03. The number of nitrogens with one attached hydrogen (secondary N) is 1. The molecule has 0 bridgehead atoms. The largest absolute Gasteiger partial charge is 0.271 e. The molecule has 0 spiro atoms. The lowest BCUT2D eigenvalue weighted by Gasteiger charge is -2.16. The molecule has 4 heteroatoms. The first-order chi connectivity index (χ1) is 9.17. The Kier molecular flexibility index (Phi) is 4.60. The fourth-order valence-electron chi connectivity index (χ4n) is 2.00. The number of nitrogens with two attached hydrogens (primary N) is 1. The van der Waals surface area contributed by atoms with Gasteiger partial charge in [-0.2, -0.15) is 0 Å². The highest BCUT2D eigenvalue weighted by atomic mass is 19.1. The molecule has 0 aliphatic carbocycles. The van der Waals surface area contributed by atoms with E-state index in [9.17, 15) is 8.78 Å². The van der Waals surface area contributed by atoms with E-state index < -0.39 is 0 Å². The third-order valence-corrected chi connectivity index (χ3v) is 3.03. The Bertz CT molecular complexity index is 461. The smallest absolute Gasteiger partial charge is 0.123 e. The summed E-state index contributed by atoms with van der Waals surface area (Å²) in [5.41, 5.74) is 4.75. The Hall–Kier alpha value is -1.78. The van der Waals surface area contributed by atoms with Gasteiger partial charge in [0.1, 0.15) is 11.6 Å². The highest BCUT2D eigenvalue weighted by Crippen LogP contribution is 2.10. The number of hydrazine groups is 1. The second-order valence-electron chi connectivity index (χ2n) is 4.52. The summed E-state index contributed by atoms with van der Waals surface area (Å²) in [7, 11) is 0. The molecule has 0 amide bonds. The standard InChI is InChI=1S/C15H16F2N2/c16-13-5-1-11(2-6-13)9-15(19-18)10-12-3-7-14(17)8-4-12/h1-8,15,19H,9-10,18H2. The summed E-state index contributed by atoms with van der Waals surface area (Å²) in [6, 6.07) is 12.7. The fraction of sp³-hybridized carbons (Fsp3) is 0.200. The van der Waals surface area contributed by atoms with Gasteiger partial charge in [-0.1, -0.05) is 24.3 Å². The van der Waals surface area contributed by atoms with Gasteiger partial charge in [0.25, 0.3) is 0 Å². The number of benzene rings is 2. The summed E-state index contributed by atoms with van der Waals surface area (Å²) in [4.78, 5) is 0. The quantitative estimate of drug-likeness (QED) is 0.642. The molecule has 0 fully saturated rings. The molecule has 0 aliphatic rings. The summed E-state index contributed by atoms with van der Waals surface area (Å²) in [6.07, 6.45) is 1.38. The second-order valence-corrected chi connectivity index (χ2v) is 4.52. The van der Waals surface area contributed by atoms with E-state index in [2.05, 4.69) is 5.43 Å². The van der Waals surface area contributed by atoms with Gasteiger partial charge in [0.2, 0.25) is 0 Å². The number of hydrogen-bond acceptors (Lipinski definition) is 2. The zero-order valence-electron chi connectivity index (χ0n) is 10.4. The third-order valence-electron chi connectivity index (χ3n) is 3.03. The highest BCUT2D eigenvalue weighted by Gasteiger charge is 2.09. The summed E-state index contributed by atoms with van der Waals surface area (Å²) in [6.45, 7) is 0. The van der Waals surface area contributed by atoms with Crippen LogP contribution in [0.5, 0.6) is 0 Å². The number of halogens is 2. The van der Waals surface area contributed by atoms with Crippen molar-refractivity contribution in [2.75, 3.05) is 0 Å². The molecular weight excluding hydrogens is 246 g/mol. The molecule has 0 atom stereocenters. The van der Waals surface area contributed by atoms with Gasteiger partial charge in [0.15, 0.2) is 0 Å². The van der Waals surface area contributed by atoms with Crippen LogP contribution in [0.15, 0.2) is 48.5 Å². The fourth-order valence-corrected chi connectivity index (χ4v) is 2.00. The van der Waals surface area contributed by atoms with E-state index in [1.807, 2.05) is 0 Å². The van der Waals surface area contributed by atoms with E-state index in [0.717, 1.165) is 11.1 Å². The van der Waals surface area contributed by atoms with Gasteiger partial charge in [-0.15, -0.1) is 0 Å². The van der Waals surface area contributed by atoms with Gasteiger partial charge < -0.3 is 0 Å². The van der Waals surface area contributed by atoms with Crippen LogP contribution < -0.4 is 11.3 Å². The minimum Gasteiger partial charge on any atom is -0.271 e. The molecule has 0 aromatic heterocycles. The SMILES string of the molecule is NNC(Cc1ccc(F)cc1)Cc1ccc(F)cc1. The van der Waals surface area contributed by atoms with Crippen molar-refractivity contribution in [1.29, 1.82) is 0 Å². The molecule has 2 aromatic carbocycles. The lowest BCUT2D eigenvalue weighted by atomic mass is 9.99. The second kappa shape index (κ2) is 6.41. The zero-order valence-corrected chi connectivity index (χ0v) is 10.4. The topological polar surface area (TPSA) is 38.0 Å². The first-order valence-corrected chi connectivity index (χ1v) is 6.12. The number of hydrogen-bond donors (Lipinski definition) is 2. The molecule has 0 saturated carbocycles. The first kappa shape index (κ1) is 13.6. The molecule has 0 aliphatic heterocycles. The van der Waals surface area contributed by atoms with Crippen molar-refractivity contribution in [2.45, 2.75) is 18.9 Å². The molecule has 0 saturated heterocycles. The molecule has 2 aromatic rings. The van der Waals surface area contributed by atoms with Crippen molar-refractivity contribution in [1.82, 2.24) is 5.43 Å². The Morgan fingerprint density at radius 1 is 0.789 bits per heavy atom. The maximum absolute atomic E-state index is 12.8. The third kappa shape index (κ3) is 4.12. The van der Waals surface area contributed by atoms with Gasteiger partial charge in [0.05, 0.1) is 0 Å². The van der Waals surface area contributed by atoms with Gasteiger partial charge >= 0.3 is 0 Å². The predicted octanol–water partition coefficient (Wildman–Crippen LogP) is 2.58. The summed E-state index contributed by atoms with van der Waals surface area (Å²) >= 11 is 0. The average Bonchev–Trinajstić information content (AvgIpc) is 2.43. The molecular formula is C15H16F2N2. The van der Waals surface area contributed by atoms with Crippen molar-refractivity contribution in [2.24, 2.45) is 5.84 Å². The maximum Gasteiger partial charge on any atom is 0.123 e. The first-order valence-electron chi connectivity index (χ1n) is 6.12.